The summed E-state index contributed by atoms with van der Waals surface area (Å²) in [6.45, 7) is 7.85. The van der Waals surface area contributed by atoms with E-state index in [1.165, 1.54) is 0 Å². The largest absolute Gasteiger partial charge is 0.481 e. The summed E-state index contributed by atoms with van der Waals surface area (Å²) in [4.78, 5) is 11.3. The molecular formula is C13H24O3. The van der Waals surface area contributed by atoms with Gasteiger partial charge in [-0.25, -0.2) is 0 Å². The van der Waals surface area contributed by atoms with Crippen molar-refractivity contribution in [2.24, 2.45) is 23.7 Å². The van der Waals surface area contributed by atoms with Gasteiger partial charge < -0.3 is 10.2 Å². The first-order valence-electron chi connectivity index (χ1n) is 6.26. The van der Waals surface area contributed by atoms with Gasteiger partial charge in [0.25, 0.3) is 0 Å². The predicted octanol–water partition coefficient (Wildman–Crippen LogP) is 2.53. The summed E-state index contributed by atoms with van der Waals surface area (Å²) >= 11 is 0. The summed E-state index contributed by atoms with van der Waals surface area (Å²) < 4.78 is 0. The second-order valence-corrected chi connectivity index (χ2v) is 5.71. The smallest absolute Gasteiger partial charge is 0.309 e. The van der Waals surface area contributed by atoms with E-state index in [0.717, 1.165) is 12.8 Å². The van der Waals surface area contributed by atoms with Crippen LogP contribution in [0.1, 0.15) is 47.0 Å². The number of carboxylic acid groups (broad SMARTS) is 1. The van der Waals surface area contributed by atoms with Gasteiger partial charge >= 0.3 is 5.97 Å². The zero-order valence-corrected chi connectivity index (χ0v) is 10.7. The number of aliphatic carboxylic acids is 1. The molecule has 1 fully saturated rings. The van der Waals surface area contributed by atoms with Crippen LogP contribution in [0.25, 0.3) is 0 Å². The quantitative estimate of drug-likeness (QED) is 0.780. The lowest BCUT2D eigenvalue weighted by molar-refractivity contribution is -0.169. The van der Waals surface area contributed by atoms with Crippen molar-refractivity contribution in [3.63, 3.8) is 0 Å². The third kappa shape index (κ3) is 2.24. The normalized spacial score (nSPS) is 37.4. The second kappa shape index (κ2) is 4.74. The minimum absolute atomic E-state index is 0.0322. The van der Waals surface area contributed by atoms with Gasteiger partial charge in [-0.15, -0.1) is 0 Å². The zero-order valence-electron chi connectivity index (χ0n) is 10.7. The lowest BCUT2D eigenvalue weighted by atomic mass is 9.62. The van der Waals surface area contributed by atoms with Crippen molar-refractivity contribution in [2.75, 3.05) is 0 Å². The van der Waals surface area contributed by atoms with Gasteiger partial charge in [0.2, 0.25) is 0 Å². The Hall–Kier alpha value is -0.570. The van der Waals surface area contributed by atoms with Gasteiger partial charge in [0.05, 0.1) is 11.5 Å². The van der Waals surface area contributed by atoms with Gasteiger partial charge in [0, 0.05) is 0 Å². The molecule has 4 unspecified atom stereocenters. The van der Waals surface area contributed by atoms with Crippen LogP contribution in [0.2, 0.25) is 0 Å². The molecule has 94 valence electrons. The first kappa shape index (κ1) is 13.5. The summed E-state index contributed by atoms with van der Waals surface area (Å²) in [6, 6.07) is 0. The molecule has 1 aliphatic carbocycles. The molecule has 0 heterocycles. The molecule has 0 radical (unpaired) electrons. The molecule has 0 spiro atoms. The van der Waals surface area contributed by atoms with E-state index in [1.54, 1.807) is 0 Å². The minimum Gasteiger partial charge on any atom is -0.481 e. The molecule has 0 aromatic rings. The molecule has 4 atom stereocenters. The number of aliphatic hydroxyl groups is 1. The third-order valence-corrected chi connectivity index (χ3v) is 4.35. The second-order valence-electron chi connectivity index (χ2n) is 5.71. The molecule has 16 heavy (non-hydrogen) atoms. The number of hydrogen-bond acceptors (Lipinski definition) is 2. The summed E-state index contributed by atoms with van der Waals surface area (Å²) in [5.74, 6) is -1.08. The Labute approximate surface area is 97.9 Å². The highest BCUT2D eigenvalue weighted by Gasteiger charge is 2.49. The summed E-state index contributed by atoms with van der Waals surface area (Å²) in [6.07, 6.45) is 2.64. The standard InChI is InChI=1S/C13H24O3/c1-8(2)11(12(14)15)13(16)7-5-6-9(3)10(13)4/h8-11,16H,5-7H2,1-4H3,(H,14,15). The van der Waals surface area contributed by atoms with Crippen LogP contribution in [-0.2, 0) is 4.79 Å². The van der Waals surface area contributed by atoms with E-state index in [1.807, 2.05) is 20.8 Å². The summed E-state index contributed by atoms with van der Waals surface area (Å²) in [7, 11) is 0. The lowest BCUT2D eigenvalue weighted by Crippen LogP contribution is -2.53. The van der Waals surface area contributed by atoms with Gasteiger partial charge in [-0.2, -0.15) is 0 Å². The van der Waals surface area contributed by atoms with Crippen LogP contribution < -0.4 is 0 Å². The number of rotatable bonds is 3. The summed E-state index contributed by atoms with van der Waals surface area (Å²) in [5, 5.41) is 20.0. The number of carbonyl (C=O) groups is 1. The zero-order chi connectivity index (χ0) is 12.5. The first-order chi connectivity index (χ1) is 7.30. The van der Waals surface area contributed by atoms with Crippen molar-refractivity contribution >= 4 is 5.97 Å². The van der Waals surface area contributed by atoms with Gasteiger partial charge in [0.15, 0.2) is 0 Å². The molecule has 0 saturated heterocycles. The average molecular weight is 228 g/mol. The fourth-order valence-electron chi connectivity index (χ4n) is 3.19. The molecule has 0 bridgehead atoms. The highest BCUT2D eigenvalue weighted by molar-refractivity contribution is 5.72. The maximum Gasteiger partial charge on any atom is 0.309 e. The molecule has 0 aliphatic heterocycles. The molecule has 3 heteroatoms. The van der Waals surface area contributed by atoms with E-state index >= 15 is 0 Å². The van der Waals surface area contributed by atoms with E-state index in [9.17, 15) is 15.0 Å². The van der Waals surface area contributed by atoms with Crippen molar-refractivity contribution in [3.8, 4) is 0 Å². The monoisotopic (exact) mass is 228 g/mol. The van der Waals surface area contributed by atoms with Crippen LogP contribution in [0.5, 0.6) is 0 Å². The Balaban J connectivity index is 3.00. The van der Waals surface area contributed by atoms with Crippen LogP contribution >= 0.6 is 0 Å². The SMILES string of the molecule is CC(C)C(C(=O)O)C1(O)CCCC(C)C1C. The van der Waals surface area contributed by atoms with Gasteiger partial charge in [-0.3, -0.25) is 4.79 Å². The van der Waals surface area contributed by atoms with E-state index in [4.69, 9.17) is 0 Å². The van der Waals surface area contributed by atoms with Crippen molar-refractivity contribution in [3.05, 3.63) is 0 Å². The highest BCUT2D eigenvalue weighted by Crippen LogP contribution is 2.44. The first-order valence-corrected chi connectivity index (χ1v) is 6.26. The lowest BCUT2D eigenvalue weighted by Gasteiger charge is -2.46. The van der Waals surface area contributed by atoms with Crippen molar-refractivity contribution in [1.82, 2.24) is 0 Å². The van der Waals surface area contributed by atoms with Crippen molar-refractivity contribution in [2.45, 2.75) is 52.6 Å². The van der Waals surface area contributed by atoms with E-state index in [0.29, 0.717) is 12.3 Å². The van der Waals surface area contributed by atoms with Gasteiger partial charge in [-0.1, -0.05) is 40.5 Å². The number of carboxylic acids is 1. The molecule has 0 aromatic carbocycles. The highest BCUT2D eigenvalue weighted by atomic mass is 16.4. The van der Waals surface area contributed by atoms with E-state index < -0.39 is 17.5 Å². The van der Waals surface area contributed by atoms with Crippen LogP contribution in [0.3, 0.4) is 0 Å². The maximum absolute atomic E-state index is 11.3. The third-order valence-electron chi connectivity index (χ3n) is 4.35. The molecule has 2 N–H and O–H groups in total. The Kier molecular flexibility index (Phi) is 4.00. The van der Waals surface area contributed by atoms with Crippen LogP contribution in [-0.4, -0.2) is 21.8 Å². The molecular weight excluding hydrogens is 204 g/mol. The topological polar surface area (TPSA) is 57.5 Å². The van der Waals surface area contributed by atoms with Crippen LogP contribution in [0.4, 0.5) is 0 Å². The Morgan fingerprint density at radius 2 is 1.94 bits per heavy atom. The molecule has 0 amide bonds. The fourth-order valence-corrected chi connectivity index (χ4v) is 3.19. The molecule has 1 saturated carbocycles. The Bertz CT molecular complexity index is 262. The van der Waals surface area contributed by atoms with E-state index in [-0.39, 0.29) is 11.8 Å². The predicted molar refractivity (Wildman–Crippen MR) is 63.1 cm³/mol. The fraction of sp³-hybridized carbons (Fsp3) is 0.923. The molecule has 1 rings (SSSR count). The molecule has 1 aliphatic rings. The van der Waals surface area contributed by atoms with Crippen molar-refractivity contribution < 1.29 is 15.0 Å². The van der Waals surface area contributed by atoms with Crippen LogP contribution in [0, 0.1) is 23.7 Å². The minimum atomic E-state index is -1.03. The van der Waals surface area contributed by atoms with E-state index in [2.05, 4.69) is 6.92 Å². The summed E-state index contributed by atoms with van der Waals surface area (Å²) in [5.41, 5.74) is -1.03. The molecule has 0 aromatic heterocycles. The Morgan fingerprint density at radius 1 is 1.38 bits per heavy atom. The average Bonchev–Trinajstić information content (AvgIpc) is 2.12. The molecule has 3 nitrogen and oxygen atoms in total. The van der Waals surface area contributed by atoms with Gasteiger partial charge in [-0.05, 0) is 24.2 Å². The van der Waals surface area contributed by atoms with Crippen molar-refractivity contribution in [1.29, 1.82) is 0 Å². The maximum atomic E-state index is 11.3. The Morgan fingerprint density at radius 3 is 2.38 bits per heavy atom. The van der Waals surface area contributed by atoms with Gasteiger partial charge in [0.1, 0.15) is 0 Å². The van der Waals surface area contributed by atoms with Crippen LogP contribution in [0.15, 0.2) is 0 Å². The number of hydrogen-bond donors (Lipinski definition) is 2.